The third-order valence-electron chi connectivity index (χ3n) is 2.95. The summed E-state index contributed by atoms with van der Waals surface area (Å²) in [5.74, 6) is -5.88. The predicted octanol–water partition coefficient (Wildman–Crippen LogP) is 1.94. The maximum absolute atomic E-state index is 12.5. The van der Waals surface area contributed by atoms with Crippen molar-refractivity contribution in [2.75, 3.05) is 13.1 Å². The second-order valence-electron chi connectivity index (χ2n) is 4.67. The molecule has 1 fully saturated rings. The summed E-state index contributed by atoms with van der Waals surface area (Å²) in [6.07, 6.45) is -11.3. The highest BCUT2D eigenvalue weighted by Crippen LogP contribution is 2.40. The number of amides is 1. The monoisotopic (exact) mass is 292 g/mol. The van der Waals surface area contributed by atoms with Crippen LogP contribution in [0.25, 0.3) is 0 Å². The Bertz CT molecular complexity index is 326. The largest absolute Gasteiger partial charge is 0.409 e. The molecular weight excluding hydrogens is 278 g/mol. The molecule has 0 radical (unpaired) electrons. The Labute approximate surface area is 105 Å². The molecule has 1 saturated heterocycles. The Morgan fingerprint density at radius 1 is 1.16 bits per heavy atom. The van der Waals surface area contributed by atoms with Gasteiger partial charge in [-0.3, -0.25) is 4.79 Å². The second-order valence-corrected chi connectivity index (χ2v) is 4.67. The summed E-state index contributed by atoms with van der Waals surface area (Å²) < 4.78 is 74.8. The maximum Gasteiger partial charge on any atom is 0.409 e. The predicted molar refractivity (Wildman–Crippen MR) is 54.2 cm³/mol. The van der Waals surface area contributed by atoms with E-state index in [0.717, 1.165) is 0 Å². The summed E-state index contributed by atoms with van der Waals surface area (Å²) in [6.45, 7) is 2.97. The van der Waals surface area contributed by atoms with Crippen LogP contribution in [0.1, 0.15) is 13.8 Å². The lowest BCUT2D eigenvalue weighted by Crippen LogP contribution is -2.60. The summed E-state index contributed by atoms with van der Waals surface area (Å²) in [5.41, 5.74) is 0. The minimum atomic E-state index is -5.64. The van der Waals surface area contributed by atoms with Gasteiger partial charge in [0, 0.05) is 25.2 Å². The zero-order valence-electron chi connectivity index (χ0n) is 10.3. The Balaban J connectivity index is 3.00. The number of carbonyl (C=O) groups is 1. The molecule has 9 heteroatoms. The summed E-state index contributed by atoms with van der Waals surface area (Å²) in [7, 11) is 0. The van der Waals surface area contributed by atoms with Crippen molar-refractivity contribution in [2.45, 2.75) is 38.3 Å². The van der Waals surface area contributed by atoms with Crippen molar-refractivity contribution in [3.63, 3.8) is 0 Å². The topological polar surface area (TPSA) is 32.3 Å². The van der Waals surface area contributed by atoms with E-state index in [2.05, 4.69) is 5.32 Å². The number of alkyl halides is 6. The van der Waals surface area contributed by atoms with Crippen molar-refractivity contribution < 1.29 is 31.1 Å². The highest BCUT2D eigenvalue weighted by atomic mass is 19.4. The molecule has 0 saturated carbocycles. The minimum absolute atomic E-state index is 0.162. The van der Waals surface area contributed by atoms with Crippen molar-refractivity contribution in [3.05, 3.63) is 0 Å². The minimum Gasteiger partial charge on any atom is -0.336 e. The smallest absolute Gasteiger partial charge is 0.336 e. The van der Waals surface area contributed by atoms with Crippen LogP contribution in [0.15, 0.2) is 0 Å². The van der Waals surface area contributed by atoms with Crippen LogP contribution in [0.3, 0.4) is 0 Å². The Kier molecular flexibility index (Phi) is 4.38. The van der Waals surface area contributed by atoms with Gasteiger partial charge in [0.05, 0.1) is 0 Å². The third kappa shape index (κ3) is 3.74. The molecular formula is C10H14F6N2O. The third-order valence-corrected chi connectivity index (χ3v) is 2.95. The molecule has 1 heterocycles. The fourth-order valence-electron chi connectivity index (χ4n) is 1.96. The molecule has 112 valence electrons. The first-order valence-electron chi connectivity index (χ1n) is 5.62. The van der Waals surface area contributed by atoms with Crippen LogP contribution in [-0.2, 0) is 4.79 Å². The second kappa shape index (κ2) is 5.18. The van der Waals surface area contributed by atoms with Gasteiger partial charge in [-0.05, 0) is 13.8 Å². The van der Waals surface area contributed by atoms with E-state index in [0.29, 0.717) is 4.90 Å². The van der Waals surface area contributed by atoms with E-state index in [1.807, 2.05) is 0 Å². The van der Waals surface area contributed by atoms with Crippen LogP contribution in [0.2, 0.25) is 0 Å². The van der Waals surface area contributed by atoms with Gasteiger partial charge >= 0.3 is 12.4 Å². The van der Waals surface area contributed by atoms with Gasteiger partial charge in [0.25, 0.3) is 0 Å². The van der Waals surface area contributed by atoms with Gasteiger partial charge in [-0.25, -0.2) is 0 Å². The van der Waals surface area contributed by atoms with Gasteiger partial charge in [0.15, 0.2) is 0 Å². The molecule has 0 aliphatic carbocycles. The van der Waals surface area contributed by atoms with Gasteiger partial charge in [0.2, 0.25) is 11.8 Å². The molecule has 0 bridgehead atoms. The van der Waals surface area contributed by atoms with Crippen molar-refractivity contribution >= 4 is 5.91 Å². The summed E-state index contributed by atoms with van der Waals surface area (Å²) in [6, 6.07) is -1.06. The summed E-state index contributed by atoms with van der Waals surface area (Å²) >= 11 is 0. The molecule has 0 aromatic heterocycles. The highest BCUT2D eigenvalue weighted by molar-refractivity contribution is 5.81. The van der Waals surface area contributed by atoms with E-state index >= 15 is 0 Å². The first kappa shape index (κ1) is 16.1. The van der Waals surface area contributed by atoms with Gasteiger partial charge in [-0.1, -0.05) is 0 Å². The van der Waals surface area contributed by atoms with Gasteiger partial charge in [0.1, 0.15) is 0 Å². The normalized spacial score (nSPS) is 25.8. The Hall–Kier alpha value is -0.990. The maximum atomic E-state index is 12.5. The number of rotatable bonds is 1. The van der Waals surface area contributed by atoms with E-state index < -0.39 is 30.2 Å². The first-order valence-corrected chi connectivity index (χ1v) is 5.62. The van der Waals surface area contributed by atoms with Crippen molar-refractivity contribution in [1.29, 1.82) is 0 Å². The van der Waals surface area contributed by atoms with E-state index in [9.17, 15) is 31.1 Å². The number of hydrogen-bond acceptors (Lipinski definition) is 2. The molecule has 1 amide bonds. The lowest BCUT2D eigenvalue weighted by molar-refractivity contribution is -0.278. The molecule has 2 unspecified atom stereocenters. The average molecular weight is 292 g/mol. The quantitative estimate of drug-likeness (QED) is 0.749. The molecule has 19 heavy (non-hydrogen) atoms. The van der Waals surface area contributed by atoms with E-state index in [-0.39, 0.29) is 19.1 Å². The first-order chi connectivity index (χ1) is 8.44. The fraction of sp³-hybridized carbons (Fsp3) is 0.900. The van der Waals surface area contributed by atoms with E-state index in [1.54, 1.807) is 6.92 Å². The van der Waals surface area contributed by atoms with Gasteiger partial charge in [-0.15, -0.1) is 0 Å². The molecule has 3 nitrogen and oxygen atoms in total. The van der Waals surface area contributed by atoms with Gasteiger partial charge in [-0.2, -0.15) is 26.3 Å². The molecule has 1 aliphatic rings. The molecule has 2 atom stereocenters. The zero-order chi connectivity index (χ0) is 15.0. The van der Waals surface area contributed by atoms with E-state index in [1.165, 1.54) is 6.92 Å². The number of hydrogen-bond donors (Lipinski definition) is 1. The fourth-order valence-corrected chi connectivity index (χ4v) is 1.96. The van der Waals surface area contributed by atoms with Crippen LogP contribution >= 0.6 is 0 Å². The van der Waals surface area contributed by atoms with E-state index in [4.69, 9.17) is 0 Å². The standard InChI is InChI=1S/C10H14F6N2O/c1-5-4-18(6(2)3-17-5)8(19)7(9(11,12)13)10(14,15)16/h5-7,17H,3-4H2,1-2H3. The van der Waals surface area contributed by atoms with Crippen molar-refractivity contribution in [1.82, 2.24) is 10.2 Å². The number of nitrogens with one attached hydrogen (secondary N) is 1. The summed E-state index contributed by atoms with van der Waals surface area (Å²) in [4.78, 5) is 12.3. The van der Waals surface area contributed by atoms with Crippen LogP contribution < -0.4 is 5.32 Å². The van der Waals surface area contributed by atoms with Crippen LogP contribution in [-0.4, -0.2) is 48.3 Å². The number of piperazine rings is 1. The van der Waals surface area contributed by atoms with Crippen LogP contribution in [0.4, 0.5) is 26.3 Å². The van der Waals surface area contributed by atoms with Gasteiger partial charge < -0.3 is 10.2 Å². The number of nitrogens with zero attached hydrogens (tertiary/aromatic N) is 1. The lowest BCUT2D eigenvalue weighted by atomic mass is 10.0. The molecule has 1 rings (SSSR count). The number of carbonyl (C=O) groups excluding carboxylic acids is 1. The SMILES string of the molecule is CC1CN(C(=O)C(C(F)(F)F)C(F)(F)F)C(C)CN1. The zero-order valence-corrected chi connectivity index (χ0v) is 10.3. The molecule has 0 spiro atoms. The lowest BCUT2D eigenvalue weighted by Gasteiger charge is -2.39. The average Bonchev–Trinajstić information content (AvgIpc) is 2.17. The molecule has 1 aliphatic heterocycles. The number of halogens is 6. The van der Waals surface area contributed by atoms with Crippen LogP contribution in [0, 0.1) is 5.92 Å². The Morgan fingerprint density at radius 2 is 1.63 bits per heavy atom. The Morgan fingerprint density at radius 3 is 2.05 bits per heavy atom. The molecule has 1 N–H and O–H groups in total. The highest BCUT2D eigenvalue weighted by Gasteiger charge is 2.62. The van der Waals surface area contributed by atoms with Crippen molar-refractivity contribution in [3.8, 4) is 0 Å². The molecule has 0 aromatic rings. The van der Waals surface area contributed by atoms with Crippen LogP contribution in [0.5, 0.6) is 0 Å². The molecule has 0 aromatic carbocycles. The van der Waals surface area contributed by atoms with Crippen molar-refractivity contribution in [2.24, 2.45) is 5.92 Å². The summed E-state index contributed by atoms with van der Waals surface area (Å²) in [5, 5.41) is 2.88.